The van der Waals surface area contributed by atoms with Gasteiger partial charge in [0.1, 0.15) is 12.7 Å². The SMILES string of the molecule is CCCCCCCCCCCCCCCCC(=O)NC(COP(=O)(O)OCC(O)COC(=O)CC)C(=O)O. The highest BCUT2D eigenvalue weighted by Crippen LogP contribution is 2.43. The first kappa shape index (κ1) is 36.5. The number of aliphatic carboxylic acids is 1. The summed E-state index contributed by atoms with van der Waals surface area (Å²) < 4.78 is 25.8. The molecule has 0 aromatic rings. The van der Waals surface area contributed by atoms with Crippen LogP contribution in [0.15, 0.2) is 0 Å². The van der Waals surface area contributed by atoms with E-state index in [2.05, 4.69) is 26.0 Å². The number of carboxylic acids is 1. The Labute approximate surface area is 227 Å². The minimum atomic E-state index is -4.71. The summed E-state index contributed by atoms with van der Waals surface area (Å²) in [7, 11) is -4.71. The number of esters is 1. The van der Waals surface area contributed by atoms with Crippen LogP contribution in [0.1, 0.15) is 117 Å². The normalized spacial score (nSPS) is 14.4. The van der Waals surface area contributed by atoms with E-state index in [9.17, 15) is 34.1 Å². The van der Waals surface area contributed by atoms with E-state index in [1.54, 1.807) is 6.92 Å². The summed E-state index contributed by atoms with van der Waals surface area (Å²) in [5.74, 6) is -2.46. The van der Waals surface area contributed by atoms with Crippen molar-refractivity contribution in [2.75, 3.05) is 19.8 Å². The van der Waals surface area contributed by atoms with Gasteiger partial charge in [-0.2, -0.15) is 0 Å². The molecule has 224 valence electrons. The van der Waals surface area contributed by atoms with Gasteiger partial charge in [-0.3, -0.25) is 18.6 Å². The Morgan fingerprint density at radius 1 is 0.763 bits per heavy atom. The molecule has 0 rings (SSSR count). The molecule has 0 radical (unpaired) electrons. The van der Waals surface area contributed by atoms with Gasteiger partial charge in [0.05, 0.1) is 13.2 Å². The van der Waals surface area contributed by atoms with Crippen molar-refractivity contribution in [2.24, 2.45) is 0 Å². The number of carbonyl (C=O) groups excluding carboxylic acids is 2. The molecular formula is C26H50NO10P. The Morgan fingerprint density at radius 3 is 1.71 bits per heavy atom. The molecule has 0 aliphatic heterocycles. The molecule has 0 aromatic carbocycles. The van der Waals surface area contributed by atoms with Gasteiger partial charge in [0.15, 0.2) is 6.04 Å². The van der Waals surface area contributed by atoms with Crippen molar-refractivity contribution in [1.29, 1.82) is 0 Å². The third-order valence-electron chi connectivity index (χ3n) is 5.95. The van der Waals surface area contributed by atoms with E-state index in [1.165, 1.54) is 64.2 Å². The average molecular weight is 568 g/mol. The summed E-state index contributed by atoms with van der Waals surface area (Å²) in [5, 5.41) is 21.2. The standard InChI is InChI=1S/C26H50NO10P/c1-3-5-6-7-8-9-10-11-12-13-14-15-16-17-18-24(29)27-23(26(31)32)21-37-38(33,34)36-20-22(28)19-35-25(30)4-2/h22-23,28H,3-21H2,1-2H3,(H,27,29)(H,31,32)(H,33,34). The van der Waals surface area contributed by atoms with Crippen LogP contribution in [0.5, 0.6) is 0 Å². The fourth-order valence-corrected chi connectivity index (χ4v) is 4.42. The van der Waals surface area contributed by atoms with Crippen LogP contribution >= 0.6 is 7.82 Å². The Hall–Kier alpha value is -1.52. The van der Waals surface area contributed by atoms with Gasteiger partial charge in [0, 0.05) is 12.8 Å². The van der Waals surface area contributed by atoms with Crippen LogP contribution in [0.25, 0.3) is 0 Å². The maximum absolute atomic E-state index is 12.1. The fraction of sp³-hybridized carbons (Fsp3) is 0.885. The number of hydrogen-bond acceptors (Lipinski definition) is 8. The lowest BCUT2D eigenvalue weighted by Gasteiger charge is -2.18. The van der Waals surface area contributed by atoms with Crippen molar-refractivity contribution < 1.29 is 47.8 Å². The van der Waals surface area contributed by atoms with Crippen molar-refractivity contribution >= 4 is 25.7 Å². The van der Waals surface area contributed by atoms with E-state index >= 15 is 0 Å². The maximum Gasteiger partial charge on any atom is 0.472 e. The lowest BCUT2D eigenvalue weighted by atomic mass is 10.0. The molecule has 0 spiro atoms. The Morgan fingerprint density at radius 2 is 1.24 bits per heavy atom. The van der Waals surface area contributed by atoms with Crippen LogP contribution in [0.3, 0.4) is 0 Å². The topological polar surface area (TPSA) is 169 Å². The lowest BCUT2D eigenvalue weighted by molar-refractivity contribution is -0.146. The Bertz CT molecular complexity index is 691. The van der Waals surface area contributed by atoms with Crippen LogP contribution in [0.2, 0.25) is 0 Å². The highest BCUT2D eigenvalue weighted by Gasteiger charge is 2.28. The van der Waals surface area contributed by atoms with Gasteiger partial charge in [-0.05, 0) is 6.42 Å². The number of carboxylic acid groups (broad SMARTS) is 1. The van der Waals surface area contributed by atoms with Gasteiger partial charge in [0.2, 0.25) is 5.91 Å². The minimum absolute atomic E-state index is 0.108. The highest BCUT2D eigenvalue weighted by atomic mass is 31.2. The maximum atomic E-state index is 12.1. The van der Waals surface area contributed by atoms with Crippen molar-refractivity contribution in [3.05, 3.63) is 0 Å². The summed E-state index contributed by atoms with van der Waals surface area (Å²) in [6.07, 6.45) is 15.5. The lowest BCUT2D eigenvalue weighted by Crippen LogP contribution is -2.43. The molecule has 0 aliphatic carbocycles. The van der Waals surface area contributed by atoms with Crippen LogP contribution in [-0.2, 0) is 32.7 Å². The molecule has 11 nitrogen and oxygen atoms in total. The third-order valence-corrected chi connectivity index (χ3v) is 6.90. The van der Waals surface area contributed by atoms with Crippen molar-refractivity contribution in [2.45, 2.75) is 129 Å². The van der Waals surface area contributed by atoms with E-state index in [1.807, 2.05) is 0 Å². The van der Waals surface area contributed by atoms with Gasteiger partial charge in [-0.15, -0.1) is 0 Å². The molecule has 0 heterocycles. The number of aliphatic hydroxyl groups excluding tert-OH is 1. The molecular weight excluding hydrogens is 517 g/mol. The second-order valence-corrected chi connectivity index (χ2v) is 11.0. The first-order chi connectivity index (χ1) is 18.1. The smallest absolute Gasteiger partial charge is 0.472 e. The summed E-state index contributed by atoms with van der Waals surface area (Å²) in [5.41, 5.74) is 0. The molecule has 4 N–H and O–H groups in total. The summed E-state index contributed by atoms with van der Waals surface area (Å²) in [6, 6.07) is -1.53. The Kier molecular flexibility index (Phi) is 22.4. The number of unbranched alkanes of at least 4 members (excludes halogenated alkanes) is 13. The molecule has 0 saturated carbocycles. The molecule has 12 heteroatoms. The number of phosphoric ester groups is 1. The average Bonchev–Trinajstić information content (AvgIpc) is 2.88. The summed E-state index contributed by atoms with van der Waals surface area (Å²) in [6.45, 7) is 1.90. The number of amides is 1. The van der Waals surface area contributed by atoms with E-state index in [4.69, 9.17) is 0 Å². The number of nitrogens with one attached hydrogen (secondary N) is 1. The number of rotatable bonds is 26. The molecule has 0 saturated heterocycles. The van der Waals surface area contributed by atoms with Gasteiger partial charge < -0.3 is 25.2 Å². The summed E-state index contributed by atoms with van der Waals surface area (Å²) in [4.78, 5) is 44.2. The predicted octanol–water partition coefficient (Wildman–Crippen LogP) is 4.87. The molecule has 3 unspecified atom stereocenters. The largest absolute Gasteiger partial charge is 0.480 e. The summed E-state index contributed by atoms with van der Waals surface area (Å²) >= 11 is 0. The quantitative estimate of drug-likeness (QED) is 0.0642. The van der Waals surface area contributed by atoms with E-state index in [0.717, 1.165) is 19.3 Å². The van der Waals surface area contributed by atoms with E-state index < -0.39 is 57.6 Å². The second kappa shape index (κ2) is 23.4. The third kappa shape index (κ3) is 22.5. The molecule has 38 heavy (non-hydrogen) atoms. The van der Waals surface area contributed by atoms with Crippen LogP contribution < -0.4 is 5.32 Å². The van der Waals surface area contributed by atoms with Crippen molar-refractivity contribution in [1.82, 2.24) is 5.32 Å². The van der Waals surface area contributed by atoms with Gasteiger partial charge in [-0.1, -0.05) is 97.3 Å². The number of ether oxygens (including phenoxy) is 1. The zero-order valence-electron chi connectivity index (χ0n) is 23.2. The number of carbonyl (C=O) groups is 3. The minimum Gasteiger partial charge on any atom is -0.480 e. The van der Waals surface area contributed by atoms with E-state index in [0.29, 0.717) is 6.42 Å². The van der Waals surface area contributed by atoms with Crippen molar-refractivity contribution in [3.63, 3.8) is 0 Å². The monoisotopic (exact) mass is 567 g/mol. The van der Waals surface area contributed by atoms with Gasteiger partial charge in [-0.25, -0.2) is 9.36 Å². The van der Waals surface area contributed by atoms with Crippen LogP contribution in [0.4, 0.5) is 0 Å². The molecule has 3 atom stereocenters. The first-order valence-corrected chi connectivity index (χ1v) is 15.6. The molecule has 0 aliphatic rings. The fourth-order valence-electron chi connectivity index (χ4n) is 3.65. The van der Waals surface area contributed by atoms with Crippen LogP contribution in [0, 0.1) is 0 Å². The number of aliphatic hydroxyl groups is 1. The number of hydrogen-bond donors (Lipinski definition) is 4. The van der Waals surface area contributed by atoms with Crippen LogP contribution in [-0.4, -0.2) is 64.9 Å². The zero-order valence-corrected chi connectivity index (χ0v) is 24.1. The van der Waals surface area contributed by atoms with E-state index in [-0.39, 0.29) is 12.8 Å². The molecule has 0 fully saturated rings. The zero-order chi connectivity index (χ0) is 28.7. The molecule has 1 amide bonds. The van der Waals surface area contributed by atoms with Crippen molar-refractivity contribution in [3.8, 4) is 0 Å². The second-order valence-electron chi connectivity index (χ2n) is 9.56. The molecule has 0 bridgehead atoms. The van der Waals surface area contributed by atoms with Gasteiger partial charge >= 0.3 is 19.8 Å². The number of phosphoric acid groups is 1. The highest BCUT2D eigenvalue weighted by molar-refractivity contribution is 7.47. The molecule has 0 aromatic heterocycles. The Balaban J connectivity index is 3.95. The first-order valence-electron chi connectivity index (χ1n) is 14.1. The van der Waals surface area contributed by atoms with Gasteiger partial charge in [0.25, 0.3) is 0 Å². The predicted molar refractivity (Wildman–Crippen MR) is 143 cm³/mol.